The lowest BCUT2D eigenvalue weighted by Crippen LogP contribution is -2.48. The molecule has 0 unspecified atom stereocenters. The van der Waals surface area contributed by atoms with E-state index in [0.717, 1.165) is 51.3 Å². The summed E-state index contributed by atoms with van der Waals surface area (Å²) in [5, 5.41) is 4.50. The van der Waals surface area contributed by atoms with Crippen molar-refractivity contribution in [3.05, 3.63) is 41.8 Å². The monoisotopic (exact) mass is 416 g/mol. The number of halogens is 1. The van der Waals surface area contributed by atoms with Gasteiger partial charge in [0.2, 0.25) is 0 Å². The summed E-state index contributed by atoms with van der Waals surface area (Å²) in [5.74, 6) is -0.307. The molecule has 2 aliphatic rings. The molecule has 0 N–H and O–H groups in total. The number of morpholine rings is 1. The van der Waals surface area contributed by atoms with E-state index in [1.807, 2.05) is 4.90 Å². The van der Waals surface area contributed by atoms with Crippen LogP contribution < -0.4 is 0 Å². The number of benzene rings is 1. The Bertz CT molecular complexity index is 843. The van der Waals surface area contributed by atoms with Crippen LogP contribution in [-0.4, -0.2) is 84.1 Å². The second-order valence-corrected chi connectivity index (χ2v) is 7.84. The molecule has 30 heavy (non-hydrogen) atoms. The first-order chi connectivity index (χ1) is 14.6. The molecule has 2 aromatic rings. The molecule has 2 saturated heterocycles. The standard InChI is InChI=1S/C22H29FN4O3/c1-25-21(16-20(24-25)17-2-4-18(23)5-3-17)22(28)27(19-6-12-29-13-7-19)9-8-26-10-14-30-15-11-26/h2-5,16,19H,6-15H2,1H3. The Morgan fingerprint density at radius 1 is 1.13 bits per heavy atom. The molecule has 3 heterocycles. The van der Waals surface area contributed by atoms with Crippen LogP contribution in [-0.2, 0) is 16.5 Å². The zero-order chi connectivity index (χ0) is 20.9. The van der Waals surface area contributed by atoms with Gasteiger partial charge in [-0.2, -0.15) is 5.10 Å². The predicted octanol–water partition coefficient (Wildman–Crippen LogP) is 2.18. The molecule has 8 heteroatoms. The quantitative estimate of drug-likeness (QED) is 0.723. The SMILES string of the molecule is Cn1nc(-c2ccc(F)cc2)cc1C(=O)N(CCN1CCOCC1)C1CCOCC1. The lowest BCUT2D eigenvalue weighted by molar-refractivity contribution is 0.0137. The summed E-state index contributed by atoms with van der Waals surface area (Å²) in [6.45, 7) is 6.14. The maximum atomic E-state index is 13.6. The number of ether oxygens (including phenoxy) is 2. The summed E-state index contributed by atoms with van der Waals surface area (Å²) in [7, 11) is 1.78. The highest BCUT2D eigenvalue weighted by Gasteiger charge is 2.29. The number of hydrogen-bond acceptors (Lipinski definition) is 5. The van der Waals surface area contributed by atoms with E-state index in [4.69, 9.17) is 9.47 Å². The molecule has 2 aliphatic heterocycles. The average Bonchev–Trinajstić information content (AvgIpc) is 3.17. The smallest absolute Gasteiger partial charge is 0.272 e. The first kappa shape index (κ1) is 21.0. The number of aromatic nitrogens is 2. The third-order valence-electron chi connectivity index (χ3n) is 5.89. The van der Waals surface area contributed by atoms with E-state index in [2.05, 4.69) is 10.00 Å². The molecule has 1 aromatic heterocycles. The van der Waals surface area contributed by atoms with Gasteiger partial charge in [-0.15, -0.1) is 0 Å². The summed E-state index contributed by atoms with van der Waals surface area (Å²) >= 11 is 0. The van der Waals surface area contributed by atoms with Crippen molar-refractivity contribution in [2.45, 2.75) is 18.9 Å². The van der Waals surface area contributed by atoms with Gasteiger partial charge in [-0.25, -0.2) is 4.39 Å². The van der Waals surface area contributed by atoms with Crippen LogP contribution in [0.1, 0.15) is 23.3 Å². The molecular weight excluding hydrogens is 387 g/mol. The van der Waals surface area contributed by atoms with Gasteiger partial charge in [-0.3, -0.25) is 14.4 Å². The van der Waals surface area contributed by atoms with Crippen LogP contribution >= 0.6 is 0 Å². The van der Waals surface area contributed by atoms with Crippen LogP contribution in [0.3, 0.4) is 0 Å². The van der Waals surface area contributed by atoms with E-state index in [1.54, 1.807) is 29.9 Å². The minimum absolute atomic E-state index is 0.0153. The molecule has 0 saturated carbocycles. The first-order valence-electron chi connectivity index (χ1n) is 10.6. The van der Waals surface area contributed by atoms with Crippen LogP contribution in [0.25, 0.3) is 11.3 Å². The molecule has 0 aliphatic carbocycles. The van der Waals surface area contributed by atoms with Crippen LogP contribution in [0.2, 0.25) is 0 Å². The Morgan fingerprint density at radius 2 is 1.80 bits per heavy atom. The summed E-state index contributed by atoms with van der Waals surface area (Å²) in [6, 6.07) is 8.14. The minimum atomic E-state index is -0.292. The van der Waals surface area contributed by atoms with Crippen molar-refractivity contribution in [1.29, 1.82) is 0 Å². The Morgan fingerprint density at radius 3 is 2.50 bits per heavy atom. The second kappa shape index (κ2) is 9.68. The van der Waals surface area contributed by atoms with E-state index >= 15 is 0 Å². The molecule has 0 atom stereocenters. The summed E-state index contributed by atoms with van der Waals surface area (Å²) < 4.78 is 25.8. The highest BCUT2D eigenvalue weighted by molar-refractivity contribution is 5.94. The van der Waals surface area contributed by atoms with Gasteiger partial charge in [0.25, 0.3) is 5.91 Å². The number of amides is 1. The highest BCUT2D eigenvalue weighted by atomic mass is 19.1. The van der Waals surface area contributed by atoms with Gasteiger partial charge >= 0.3 is 0 Å². The Kier molecular flexibility index (Phi) is 6.76. The largest absolute Gasteiger partial charge is 0.381 e. The molecule has 4 rings (SSSR count). The van der Waals surface area contributed by atoms with Crippen molar-refractivity contribution in [3.63, 3.8) is 0 Å². The van der Waals surface area contributed by atoms with E-state index in [-0.39, 0.29) is 17.8 Å². The van der Waals surface area contributed by atoms with Crippen molar-refractivity contribution in [1.82, 2.24) is 19.6 Å². The van der Waals surface area contributed by atoms with E-state index in [0.29, 0.717) is 31.1 Å². The molecule has 0 spiro atoms. The van der Waals surface area contributed by atoms with Gasteiger partial charge in [0.15, 0.2) is 0 Å². The third kappa shape index (κ3) is 4.88. The molecule has 2 fully saturated rings. The van der Waals surface area contributed by atoms with Crippen molar-refractivity contribution < 1.29 is 18.7 Å². The molecule has 1 aromatic carbocycles. The minimum Gasteiger partial charge on any atom is -0.381 e. The van der Waals surface area contributed by atoms with Gasteiger partial charge in [0.1, 0.15) is 11.5 Å². The third-order valence-corrected chi connectivity index (χ3v) is 5.89. The molecule has 162 valence electrons. The van der Waals surface area contributed by atoms with Crippen LogP contribution in [0, 0.1) is 5.82 Å². The summed E-state index contributed by atoms with van der Waals surface area (Å²) in [5.41, 5.74) is 2.00. The van der Waals surface area contributed by atoms with E-state index in [9.17, 15) is 9.18 Å². The number of rotatable bonds is 6. The molecule has 0 radical (unpaired) electrons. The summed E-state index contributed by atoms with van der Waals surface area (Å²) in [6.07, 6.45) is 1.69. The molecule has 1 amide bonds. The topological polar surface area (TPSA) is 59.8 Å². The number of hydrogen-bond donors (Lipinski definition) is 0. The Balaban J connectivity index is 1.53. The van der Waals surface area contributed by atoms with Gasteiger partial charge in [0, 0.05) is 58.0 Å². The van der Waals surface area contributed by atoms with Crippen LogP contribution in [0.5, 0.6) is 0 Å². The average molecular weight is 416 g/mol. The fourth-order valence-corrected chi connectivity index (χ4v) is 4.10. The normalized spacial score (nSPS) is 18.5. The zero-order valence-electron chi connectivity index (χ0n) is 17.4. The lowest BCUT2D eigenvalue weighted by Gasteiger charge is -2.36. The summed E-state index contributed by atoms with van der Waals surface area (Å²) in [4.78, 5) is 17.9. The van der Waals surface area contributed by atoms with Crippen LogP contribution in [0.4, 0.5) is 4.39 Å². The number of nitrogens with zero attached hydrogens (tertiary/aromatic N) is 4. The number of carbonyl (C=O) groups excluding carboxylic acids is 1. The van der Waals surface area contributed by atoms with Gasteiger partial charge in [0.05, 0.1) is 18.9 Å². The molecule has 7 nitrogen and oxygen atoms in total. The van der Waals surface area contributed by atoms with Gasteiger partial charge in [-0.1, -0.05) is 0 Å². The van der Waals surface area contributed by atoms with Crippen LogP contribution in [0.15, 0.2) is 30.3 Å². The number of aryl methyl sites for hydroxylation is 1. The van der Waals surface area contributed by atoms with Crippen molar-refractivity contribution in [3.8, 4) is 11.3 Å². The zero-order valence-corrected chi connectivity index (χ0v) is 17.4. The fraction of sp³-hybridized carbons (Fsp3) is 0.545. The van der Waals surface area contributed by atoms with Gasteiger partial charge in [-0.05, 0) is 43.2 Å². The maximum Gasteiger partial charge on any atom is 0.272 e. The predicted molar refractivity (Wildman–Crippen MR) is 111 cm³/mol. The molecular formula is C22H29FN4O3. The Labute approximate surface area is 176 Å². The van der Waals surface area contributed by atoms with Gasteiger partial charge < -0.3 is 14.4 Å². The van der Waals surface area contributed by atoms with Crippen molar-refractivity contribution in [2.24, 2.45) is 7.05 Å². The van der Waals surface area contributed by atoms with E-state index in [1.165, 1.54) is 12.1 Å². The second-order valence-electron chi connectivity index (χ2n) is 7.84. The fourth-order valence-electron chi connectivity index (χ4n) is 4.10. The van der Waals surface area contributed by atoms with Crippen molar-refractivity contribution >= 4 is 5.91 Å². The van der Waals surface area contributed by atoms with E-state index < -0.39 is 0 Å². The Hall–Kier alpha value is -2.29. The lowest BCUT2D eigenvalue weighted by atomic mass is 10.1. The molecule has 0 bridgehead atoms. The van der Waals surface area contributed by atoms with Crippen molar-refractivity contribution in [2.75, 3.05) is 52.6 Å². The maximum absolute atomic E-state index is 13.6. The number of carbonyl (C=O) groups is 1. The first-order valence-corrected chi connectivity index (χ1v) is 10.6. The highest BCUT2D eigenvalue weighted by Crippen LogP contribution is 2.22.